The third-order valence-corrected chi connectivity index (χ3v) is 2.91. The van der Waals surface area contributed by atoms with Crippen molar-refractivity contribution in [2.75, 3.05) is 12.4 Å². The van der Waals surface area contributed by atoms with Gasteiger partial charge in [-0.25, -0.2) is 0 Å². The van der Waals surface area contributed by atoms with E-state index in [-0.39, 0.29) is 5.91 Å². The molecule has 98 valence electrons. The number of ether oxygens (including phenoxy) is 1. The lowest BCUT2D eigenvalue weighted by atomic mass is 10.2. The Morgan fingerprint density at radius 1 is 1.05 bits per heavy atom. The molecule has 0 fully saturated rings. The Balaban J connectivity index is 2.15. The number of rotatable bonds is 3. The number of amides is 1. The van der Waals surface area contributed by atoms with E-state index in [2.05, 4.69) is 5.32 Å². The second-order valence-corrected chi connectivity index (χ2v) is 4.71. The maximum Gasteiger partial charge on any atom is 0.255 e. The van der Waals surface area contributed by atoms with Gasteiger partial charge in [0.1, 0.15) is 5.75 Å². The standard InChI is InChI=1S/C14H11Cl2NO2/c1-19-13-4-2-9(3-5-13)14(18)17-12-7-10(15)6-11(16)8-12/h2-8H,1H3,(H,17,18). The Labute approximate surface area is 121 Å². The second kappa shape index (κ2) is 5.95. The van der Waals surface area contributed by atoms with Crippen molar-refractivity contribution < 1.29 is 9.53 Å². The van der Waals surface area contributed by atoms with Crippen LogP contribution in [0.1, 0.15) is 10.4 Å². The minimum Gasteiger partial charge on any atom is -0.497 e. The van der Waals surface area contributed by atoms with E-state index >= 15 is 0 Å². The van der Waals surface area contributed by atoms with Crippen LogP contribution in [0, 0.1) is 0 Å². The van der Waals surface area contributed by atoms with Crippen LogP contribution >= 0.6 is 23.2 Å². The van der Waals surface area contributed by atoms with Crippen LogP contribution in [0.4, 0.5) is 5.69 Å². The Morgan fingerprint density at radius 3 is 2.16 bits per heavy atom. The van der Waals surface area contributed by atoms with Crippen molar-refractivity contribution in [3.63, 3.8) is 0 Å². The van der Waals surface area contributed by atoms with Gasteiger partial charge < -0.3 is 10.1 Å². The molecule has 0 aliphatic rings. The summed E-state index contributed by atoms with van der Waals surface area (Å²) in [6.07, 6.45) is 0. The van der Waals surface area contributed by atoms with E-state index in [9.17, 15) is 4.79 Å². The maximum absolute atomic E-state index is 12.0. The number of carbonyl (C=O) groups is 1. The van der Waals surface area contributed by atoms with E-state index in [1.165, 1.54) is 0 Å². The number of benzene rings is 2. The summed E-state index contributed by atoms with van der Waals surface area (Å²) in [6.45, 7) is 0. The van der Waals surface area contributed by atoms with Crippen molar-refractivity contribution in [3.05, 3.63) is 58.1 Å². The highest BCUT2D eigenvalue weighted by Crippen LogP contribution is 2.23. The van der Waals surface area contributed by atoms with Gasteiger partial charge in [0.05, 0.1) is 7.11 Å². The van der Waals surface area contributed by atoms with E-state index < -0.39 is 0 Å². The van der Waals surface area contributed by atoms with Gasteiger partial charge in [0.15, 0.2) is 0 Å². The summed E-state index contributed by atoms with van der Waals surface area (Å²) in [5.74, 6) is 0.461. The van der Waals surface area contributed by atoms with Gasteiger partial charge in [0, 0.05) is 21.3 Å². The molecular weight excluding hydrogens is 285 g/mol. The fourth-order valence-corrected chi connectivity index (χ4v) is 2.10. The van der Waals surface area contributed by atoms with Crippen LogP contribution in [0.15, 0.2) is 42.5 Å². The first-order valence-electron chi connectivity index (χ1n) is 5.50. The molecule has 0 atom stereocenters. The molecule has 3 nitrogen and oxygen atoms in total. The van der Waals surface area contributed by atoms with Gasteiger partial charge in [-0.2, -0.15) is 0 Å². The molecule has 0 aliphatic carbocycles. The third kappa shape index (κ3) is 3.63. The number of hydrogen-bond donors (Lipinski definition) is 1. The molecule has 0 radical (unpaired) electrons. The van der Waals surface area contributed by atoms with Crippen molar-refractivity contribution >= 4 is 34.8 Å². The number of nitrogens with one attached hydrogen (secondary N) is 1. The molecule has 1 N–H and O–H groups in total. The number of hydrogen-bond acceptors (Lipinski definition) is 2. The van der Waals surface area contributed by atoms with Gasteiger partial charge in [-0.15, -0.1) is 0 Å². The van der Waals surface area contributed by atoms with Crippen LogP contribution in [-0.2, 0) is 0 Å². The summed E-state index contributed by atoms with van der Waals surface area (Å²) < 4.78 is 5.03. The lowest BCUT2D eigenvalue weighted by Gasteiger charge is -2.07. The van der Waals surface area contributed by atoms with Crippen LogP contribution in [0.5, 0.6) is 5.75 Å². The Kier molecular flexibility index (Phi) is 4.30. The lowest BCUT2D eigenvalue weighted by molar-refractivity contribution is 0.102. The molecule has 5 heteroatoms. The van der Waals surface area contributed by atoms with Crippen molar-refractivity contribution in [1.82, 2.24) is 0 Å². The molecule has 0 heterocycles. The van der Waals surface area contributed by atoms with Gasteiger partial charge in [0.2, 0.25) is 0 Å². The third-order valence-electron chi connectivity index (χ3n) is 2.47. The zero-order valence-electron chi connectivity index (χ0n) is 10.1. The topological polar surface area (TPSA) is 38.3 Å². The quantitative estimate of drug-likeness (QED) is 0.919. The SMILES string of the molecule is COc1ccc(C(=O)Nc2cc(Cl)cc(Cl)c2)cc1. The molecule has 0 bridgehead atoms. The Morgan fingerprint density at radius 2 is 1.63 bits per heavy atom. The van der Waals surface area contributed by atoms with Crippen molar-refractivity contribution in [1.29, 1.82) is 0 Å². The average molecular weight is 296 g/mol. The van der Waals surface area contributed by atoms with Crippen molar-refractivity contribution in [2.45, 2.75) is 0 Å². The molecule has 0 unspecified atom stereocenters. The van der Waals surface area contributed by atoms with E-state index in [1.807, 2.05) is 0 Å². The van der Waals surface area contributed by atoms with Crippen LogP contribution in [-0.4, -0.2) is 13.0 Å². The first-order valence-corrected chi connectivity index (χ1v) is 6.25. The van der Waals surface area contributed by atoms with Crippen LogP contribution < -0.4 is 10.1 Å². The summed E-state index contributed by atoms with van der Waals surface area (Å²) in [5.41, 5.74) is 1.08. The zero-order valence-corrected chi connectivity index (χ0v) is 11.6. The predicted octanol–water partition coefficient (Wildman–Crippen LogP) is 4.25. The minimum atomic E-state index is -0.235. The predicted molar refractivity (Wildman–Crippen MR) is 77.4 cm³/mol. The van der Waals surface area contributed by atoms with Gasteiger partial charge in [-0.05, 0) is 42.5 Å². The van der Waals surface area contributed by atoms with Crippen LogP contribution in [0.25, 0.3) is 0 Å². The summed E-state index contributed by atoms with van der Waals surface area (Å²) in [4.78, 5) is 12.0. The number of anilines is 1. The smallest absolute Gasteiger partial charge is 0.255 e. The monoisotopic (exact) mass is 295 g/mol. The first-order chi connectivity index (χ1) is 9.08. The highest BCUT2D eigenvalue weighted by atomic mass is 35.5. The molecular formula is C14H11Cl2NO2. The maximum atomic E-state index is 12.0. The van der Waals surface area contributed by atoms with Gasteiger partial charge in [0.25, 0.3) is 5.91 Å². The fourth-order valence-electron chi connectivity index (χ4n) is 1.57. The molecule has 0 saturated heterocycles. The zero-order chi connectivity index (χ0) is 13.8. The van der Waals surface area contributed by atoms with Gasteiger partial charge in [-0.3, -0.25) is 4.79 Å². The molecule has 2 aromatic carbocycles. The molecule has 19 heavy (non-hydrogen) atoms. The average Bonchev–Trinajstić information content (AvgIpc) is 2.37. The molecule has 1 amide bonds. The van der Waals surface area contributed by atoms with E-state index in [0.29, 0.717) is 27.0 Å². The van der Waals surface area contributed by atoms with Crippen LogP contribution in [0.2, 0.25) is 10.0 Å². The molecule has 0 saturated carbocycles. The van der Waals surface area contributed by atoms with Gasteiger partial charge in [-0.1, -0.05) is 23.2 Å². The van der Waals surface area contributed by atoms with E-state index in [0.717, 1.165) is 0 Å². The molecule has 2 rings (SSSR count). The van der Waals surface area contributed by atoms with Crippen molar-refractivity contribution in [2.24, 2.45) is 0 Å². The van der Waals surface area contributed by atoms with Crippen molar-refractivity contribution in [3.8, 4) is 5.75 Å². The number of carbonyl (C=O) groups excluding carboxylic acids is 1. The molecule has 2 aromatic rings. The summed E-state index contributed by atoms with van der Waals surface area (Å²) >= 11 is 11.7. The highest BCUT2D eigenvalue weighted by Gasteiger charge is 2.07. The Hall–Kier alpha value is -1.71. The van der Waals surface area contributed by atoms with E-state index in [4.69, 9.17) is 27.9 Å². The highest BCUT2D eigenvalue weighted by molar-refractivity contribution is 6.35. The largest absolute Gasteiger partial charge is 0.497 e. The summed E-state index contributed by atoms with van der Waals surface area (Å²) in [5, 5.41) is 3.67. The van der Waals surface area contributed by atoms with Crippen LogP contribution in [0.3, 0.4) is 0 Å². The minimum absolute atomic E-state index is 0.235. The summed E-state index contributed by atoms with van der Waals surface area (Å²) in [6, 6.07) is 11.7. The molecule has 0 spiro atoms. The molecule has 0 aliphatic heterocycles. The Bertz CT molecular complexity index is 577. The number of methoxy groups -OCH3 is 1. The fraction of sp³-hybridized carbons (Fsp3) is 0.0714. The van der Waals surface area contributed by atoms with E-state index in [1.54, 1.807) is 49.6 Å². The first kappa shape index (κ1) is 13.7. The number of halogens is 2. The van der Waals surface area contributed by atoms with Gasteiger partial charge >= 0.3 is 0 Å². The summed E-state index contributed by atoms with van der Waals surface area (Å²) in [7, 11) is 1.57. The lowest BCUT2D eigenvalue weighted by Crippen LogP contribution is -2.11. The normalized spacial score (nSPS) is 10.1. The second-order valence-electron chi connectivity index (χ2n) is 3.84. The molecule has 0 aromatic heterocycles.